The zero-order valence-electron chi connectivity index (χ0n) is 11.2. The van der Waals surface area contributed by atoms with Crippen molar-refractivity contribution in [2.45, 2.75) is 72.0 Å². The lowest BCUT2D eigenvalue weighted by Crippen LogP contribution is -2.42. The average molecular weight is 215 g/mol. The molecule has 0 fully saturated rings. The van der Waals surface area contributed by atoms with E-state index in [9.17, 15) is 0 Å². The third-order valence-corrected chi connectivity index (χ3v) is 2.85. The third-order valence-electron chi connectivity index (χ3n) is 2.85. The van der Waals surface area contributed by atoms with Crippen molar-refractivity contribution in [1.82, 2.24) is 5.32 Å². The first-order chi connectivity index (χ1) is 7.08. The van der Waals surface area contributed by atoms with E-state index in [-0.39, 0.29) is 5.60 Å². The normalized spacial score (nSPS) is 17.4. The third kappa shape index (κ3) is 6.91. The molecule has 15 heavy (non-hydrogen) atoms. The van der Waals surface area contributed by atoms with Gasteiger partial charge in [0.1, 0.15) is 0 Å². The molecule has 0 aliphatic heterocycles. The van der Waals surface area contributed by atoms with Gasteiger partial charge in [-0.3, -0.25) is 0 Å². The zero-order valence-corrected chi connectivity index (χ0v) is 11.2. The van der Waals surface area contributed by atoms with Crippen LogP contribution in [0.2, 0.25) is 0 Å². The highest BCUT2D eigenvalue weighted by molar-refractivity contribution is 4.77. The average Bonchev–Trinajstić information content (AvgIpc) is 2.18. The Balaban J connectivity index is 3.94. The molecule has 0 radical (unpaired) electrons. The van der Waals surface area contributed by atoms with Crippen LogP contribution in [0.5, 0.6) is 0 Å². The van der Waals surface area contributed by atoms with Gasteiger partial charge in [-0.05, 0) is 39.7 Å². The van der Waals surface area contributed by atoms with E-state index in [2.05, 4.69) is 39.9 Å². The van der Waals surface area contributed by atoms with Gasteiger partial charge in [0.05, 0.1) is 11.7 Å². The fraction of sp³-hybridized carbons (Fsp3) is 1.00. The van der Waals surface area contributed by atoms with E-state index in [4.69, 9.17) is 4.74 Å². The second-order valence-corrected chi connectivity index (χ2v) is 4.70. The van der Waals surface area contributed by atoms with Crippen molar-refractivity contribution in [1.29, 1.82) is 0 Å². The minimum Gasteiger partial charge on any atom is -0.371 e. The molecule has 0 aromatic carbocycles. The van der Waals surface area contributed by atoms with Crippen molar-refractivity contribution >= 4 is 0 Å². The molecule has 0 spiro atoms. The molecule has 1 N–H and O–H groups in total. The van der Waals surface area contributed by atoms with Crippen molar-refractivity contribution in [2.75, 3.05) is 13.1 Å². The SMILES string of the molecule is CCCNCC(C)(CC)OC(C)CCC. The van der Waals surface area contributed by atoms with Gasteiger partial charge in [0.25, 0.3) is 0 Å². The van der Waals surface area contributed by atoms with Crippen LogP contribution in [0.25, 0.3) is 0 Å². The van der Waals surface area contributed by atoms with Gasteiger partial charge in [0, 0.05) is 6.54 Å². The second kappa shape index (κ2) is 8.12. The topological polar surface area (TPSA) is 21.3 Å². The summed E-state index contributed by atoms with van der Waals surface area (Å²) < 4.78 is 6.11. The predicted molar refractivity (Wildman–Crippen MR) is 67.3 cm³/mol. The molecular weight excluding hydrogens is 186 g/mol. The maximum Gasteiger partial charge on any atom is 0.0779 e. The summed E-state index contributed by atoms with van der Waals surface area (Å²) >= 11 is 0. The van der Waals surface area contributed by atoms with Gasteiger partial charge in [-0.25, -0.2) is 0 Å². The highest BCUT2D eigenvalue weighted by Gasteiger charge is 2.24. The lowest BCUT2D eigenvalue weighted by Gasteiger charge is -2.32. The summed E-state index contributed by atoms with van der Waals surface area (Å²) in [6.45, 7) is 13.0. The van der Waals surface area contributed by atoms with E-state index in [1.165, 1.54) is 12.8 Å². The van der Waals surface area contributed by atoms with Crippen LogP contribution in [-0.4, -0.2) is 24.8 Å². The fourth-order valence-electron chi connectivity index (χ4n) is 1.73. The fourth-order valence-corrected chi connectivity index (χ4v) is 1.73. The Morgan fingerprint density at radius 1 is 1.20 bits per heavy atom. The standard InChI is InChI=1S/C13H29NO/c1-6-9-12(4)15-13(5,8-3)11-14-10-7-2/h12,14H,6-11H2,1-5H3. The molecule has 0 aromatic heterocycles. The quantitative estimate of drug-likeness (QED) is 0.595. The van der Waals surface area contributed by atoms with E-state index in [0.29, 0.717) is 6.10 Å². The van der Waals surface area contributed by atoms with Crippen LogP contribution >= 0.6 is 0 Å². The molecule has 0 aliphatic carbocycles. The van der Waals surface area contributed by atoms with Gasteiger partial charge in [0.2, 0.25) is 0 Å². The summed E-state index contributed by atoms with van der Waals surface area (Å²) in [6, 6.07) is 0. The highest BCUT2D eigenvalue weighted by atomic mass is 16.5. The molecule has 2 heteroatoms. The molecule has 0 rings (SSSR count). The van der Waals surface area contributed by atoms with Crippen LogP contribution in [-0.2, 0) is 4.74 Å². The van der Waals surface area contributed by atoms with Gasteiger partial charge in [-0.2, -0.15) is 0 Å². The van der Waals surface area contributed by atoms with Crippen molar-refractivity contribution < 1.29 is 4.74 Å². The van der Waals surface area contributed by atoms with Crippen LogP contribution in [0.3, 0.4) is 0 Å². The van der Waals surface area contributed by atoms with Crippen LogP contribution in [0.1, 0.15) is 60.3 Å². The van der Waals surface area contributed by atoms with Gasteiger partial charge in [-0.1, -0.05) is 27.2 Å². The van der Waals surface area contributed by atoms with E-state index < -0.39 is 0 Å². The van der Waals surface area contributed by atoms with Gasteiger partial charge in [-0.15, -0.1) is 0 Å². The first kappa shape index (κ1) is 14.9. The molecular formula is C13H29NO. The Morgan fingerprint density at radius 2 is 1.87 bits per heavy atom. The first-order valence-corrected chi connectivity index (χ1v) is 6.46. The Morgan fingerprint density at radius 3 is 2.33 bits per heavy atom. The zero-order chi connectivity index (χ0) is 11.7. The number of rotatable bonds is 9. The minimum atomic E-state index is 0.00373. The minimum absolute atomic E-state index is 0.00373. The molecule has 0 aromatic rings. The highest BCUT2D eigenvalue weighted by Crippen LogP contribution is 2.18. The molecule has 0 saturated carbocycles. The van der Waals surface area contributed by atoms with Gasteiger partial charge < -0.3 is 10.1 Å². The largest absolute Gasteiger partial charge is 0.371 e. The van der Waals surface area contributed by atoms with E-state index >= 15 is 0 Å². The van der Waals surface area contributed by atoms with E-state index in [0.717, 1.165) is 25.9 Å². The summed E-state index contributed by atoms with van der Waals surface area (Å²) in [4.78, 5) is 0. The molecule has 92 valence electrons. The molecule has 0 aliphatic rings. The summed E-state index contributed by atoms with van der Waals surface area (Å²) in [5.41, 5.74) is 0.00373. The summed E-state index contributed by atoms with van der Waals surface area (Å²) in [5.74, 6) is 0. The molecule has 2 nitrogen and oxygen atoms in total. The summed E-state index contributed by atoms with van der Waals surface area (Å²) in [7, 11) is 0. The molecule has 0 saturated heterocycles. The maximum absolute atomic E-state index is 6.11. The number of hydrogen-bond donors (Lipinski definition) is 1. The van der Waals surface area contributed by atoms with Crippen molar-refractivity contribution in [2.24, 2.45) is 0 Å². The Labute approximate surface area is 95.8 Å². The monoisotopic (exact) mass is 215 g/mol. The molecule has 0 heterocycles. The first-order valence-electron chi connectivity index (χ1n) is 6.46. The summed E-state index contributed by atoms with van der Waals surface area (Å²) in [6.07, 6.45) is 4.98. The lowest BCUT2D eigenvalue weighted by atomic mass is 10.0. The Bertz CT molecular complexity index is 149. The smallest absolute Gasteiger partial charge is 0.0779 e. The molecule has 2 unspecified atom stereocenters. The second-order valence-electron chi connectivity index (χ2n) is 4.70. The lowest BCUT2D eigenvalue weighted by molar-refractivity contribution is -0.0786. The van der Waals surface area contributed by atoms with E-state index in [1.54, 1.807) is 0 Å². The van der Waals surface area contributed by atoms with Crippen molar-refractivity contribution in [3.05, 3.63) is 0 Å². The predicted octanol–water partition coefficient (Wildman–Crippen LogP) is 3.36. The van der Waals surface area contributed by atoms with E-state index in [1.807, 2.05) is 0 Å². The Hall–Kier alpha value is -0.0800. The molecule has 0 amide bonds. The van der Waals surface area contributed by atoms with Crippen molar-refractivity contribution in [3.8, 4) is 0 Å². The number of hydrogen-bond acceptors (Lipinski definition) is 2. The molecule has 0 bridgehead atoms. The van der Waals surface area contributed by atoms with Crippen LogP contribution in [0.4, 0.5) is 0 Å². The van der Waals surface area contributed by atoms with Crippen LogP contribution < -0.4 is 5.32 Å². The van der Waals surface area contributed by atoms with Gasteiger partial charge >= 0.3 is 0 Å². The number of ether oxygens (including phenoxy) is 1. The number of nitrogens with one attached hydrogen (secondary N) is 1. The van der Waals surface area contributed by atoms with Gasteiger partial charge in [0.15, 0.2) is 0 Å². The van der Waals surface area contributed by atoms with Crippen LogP contribution in [0, 0.1) is 0 Å². The maximum atomic E-state index is 6.11. The molecule has 2 atom stereocenters. The van der Waals surface area contributed by atoms with Crippen LogP contribution in [0.15, 0.2) is 0 Å². The summed E-state index contributed by atoms with van der Waals surface area (Å²) in [5, 5.41) is 3.45. The van der Waals surface area contributed by atoms with Crippen molar-refractivity contribution in [3.63, 3.8) is 0 Å². The Kier molecular flexibility index (Phi) is 8.07.